The molecule has 1 aliphatic carbocycles. The van der Waals surface area contributed by atoms with E-state index in [4.69, 9.17) is 34.8 Å². The van der Waals surface area contributed by atoms with Crippen molar-refractivity contribution in [3.8, 4) is 5.75 Å². The zero-order chi connectivity index (χ0) is 14.3. The lowest BCUT2D eigenvalue weighted by Crippen LogP contribution is -2.15. The molecule has 1 aliphatic rings. The molecule has 2 nitrogen and oxygen atoms in total. The summed E-state index contributed by atoms with van der Waals surface area (Å²) in [5, 5.41) is 13.5. The number of hydrogen-bond acceptors (Lipinski definition) is 3. The van der Waals surface area contributed by atoms with Gasteiger partial charge in [0.05, 0.1) is 20.4 Å². The SMILES string of the molecule is Oc1c(Cl)cc(NC2CCCc3sc(Cl)cc32)cc1Cl. The van der Waals surface area contributed by atoms with E-state index < -0.39 is 0 Å². The van der Waals surface area contributed by atoms with Gasteiger partial charge < -0.3 is 10.4 Å². The van der Waals surface area contributed by atoms with Crippen LogP contribution in [0.1, 0.15) is 29.3 Å². The zero-order valence-electron chi connectivity index (χ0n) is 10.4. The molecule has 2 N–H and O–H groups in total. The monoisotopic (exact) mass is 347 g/mol. The van der Waals surface area contributed by atoms with E-state index in [1.807, 2.05) is 6.07 Å². The van der Waals surface area contributed by atoms with E-state index in [1.165, 1.54) is 10.4 Å². The number of nitrogens with one attached hydrogen (secondary N) is 1. The van der Waals surface area contributed by atoms with Crippen LogP contribution < -0.4 is 5.32 Å². The average molecular weight is 349 g/mol. The Morgan fingerprint density at radius 2 is 1.85 bits per heavy atom. The summed E-state index contributed by atoms with van der Waals surface area (Å²) in [6.07, 6.45) is 3.25. The number of phenols is 1. The number of thiophene rings is 1. The largest absolute Gasteiger partial charge is 0.505 e. The standard InChI is InChI=1S/C14H12Cl3NOS/c15-9-4-7(5-10(16)14(9)19)18-11-2-1-3-12-8(11)6-13(17)20-12/h4-6,11,18-19H,1-3H2. The lowest BCUT2D eigenvalue weighted by Gasteiger charge is -2.25. The summed E-state index contributed by atoms with van der Waals surface area (Å²) in [7, 11) is 0. The Labute approximate surface area is 136 Å². The molecule has 106 valence electrons. The summed E-state index contributed by atoms with van der Waals surface area (Å²) < 4.78 is 0.825. The number of fused-ring (bicyclic) bond motifs is 1. The third kappa shape index (κ3) is 2.73. The van der Waals surface area contributed by atoms with Gasteiger partial charge in [-0.25, -0.2) is 0 Å². The second-order valence-corrected chi connectivity index (χ2v) is 7.39. The molecule has 20 heavy (non-hydrogen) atoms. The number of halogens is 3. The normalized spacial score (nSPS) is 17.9. The molecule has 1 aromatic heterocycles. The van der Waals surface area contributed by atoms with Crippen LogP contribution in [-0.2, 0) is 6.42 Å². The third-order valence-corrected chi connectivity index (χ3v) is 5.36. The Kier molecular flexibility index (Phi) is 4.04. The van der Waals surface area contributed by atoms with Crippen LogP contribution in [0.25, 0.3) is 0 Å². The molecule has 0 aliphatic heterocycles. The maximum atomic E-state index is 9.59. The van der Waals surface area contributed by atoms with Crippen LogP contribution in [0.4, 0.5) is 5.69 Å². The molecule has 1 atom stereocenters. The topological polar surface area (TPSA) is 32.3 Å². The summed E-state index contributed by atoms with van der Waals surface area (Å²) in [5.74, 6) is -0.0817. The molecule has 0 spiro atoms. The Balaban J connectivity index is 1.89. The van der Waals surface area contributed by atoms with Crippen LogP contribution in [0.5, 0.6) is 5.75 Å². The zero-order valence-corrected chi connectivity index (χ0v) is 13.5. The summed E-state index contributed by atoms with van der Waals surface area (Å²) in [6.45, 7) is 0. The average Bonchev–Trinajstić information content (AvgIpc) is 2.77. The minimum absolute atomic E-state index is 0.0817. The van der Waals surface area contributed by atoms with Gasteiger partial charge >= 0.3 is 0 Å². The second-order valence-electron chi connectivity index (χ2n) is 4.81. The van der Waals surface area contributed by atoms with Crippen molar-refractivity contribution in [3.05, 3.63) is 43.0 Å². The van der Waals surface area contributed by atoms with Crippen molar-refractivity contribution < 1.29 is 5.11 Å². The van der Waals surface area contributed by atoms with Gasteiger partial charge in [-0.3, -0.25) is 0 Å². The number of rotatable bonds is 2. The Morgan fingerprint density at radius 3 is 2.55 bits per heavy atom. The molecule has 0 amide bonds. The highest BCUT2D eigenvalue weighted by Gasteiger charge is 2.23. The highest BCUT2D eigenvalue weighted by molar-refractivity contribution is 7.16. The predicted octanol–water partition coefficient (Wildman–Crippen LogP) is 5.90. The molecular weight excluding hydrogens is 337 g/mol. The van der Waals surface area contributed by atoms with Crippen LogP contribution in [0.3, 0.4) is 0 Å². The van der Waals surface area contributed by atoms with Crippen molar-refractivity contribution in [2.24, 2.45) is 0 Å². The van der Waals surface area contributed by atoms with E-state index >= 15 is 0 Å². The molecular formula is C14H12Cl3NOS. The lowest BCUT2D eigenvalue weighted by atomic mass is 9.94. The van der Waals surface area contributed by atoms with E-state index in [0.29, 0.717) is 0 Å². The molecule has 0 saturated heterocycles. The van der Waals surface area contributed by atoms with E-state index in [9.17, 15) is 5.11 Å². The molecule has 1 aromatic carbocycles. The maximum Gasteiger partial charge on any atom is 0.152 e. The molecule has 1 unspecified atom stereocenters. The summed E-state index contributed by atoms with van der Waals surface area (Å²) in [6, 6.07) is 5.61. The van der Waals surface area contributed by atoms with Crippen molar-refractivity contribution in [1.29, 1.82) is 0 Å². The van der Waals surface area contributed by atoms with Gasteiger partial charge in [-0.05, 0) is 43.0 Å². The predicted molar refractivity (Wildman–Crippen MR) is 86.8 cm³/mol. The van der Waals surface area contributed by atoms with Crippen molar-refractivity contribution in [3.63, 3.8) is 0 Å². The highest BCUT2D eigenvalue weighted by atomic mass is 35.5. The van der Waals surface area contributed by atoms with Gasteiger partial charge in [-0.2, -0.15) is 0 Å². The molecule has 0 bridgehead atoms. The summed E-state index contributed by atoms with van der Waals surface area (Å²) in [5.41, 5.74) is 2.06. The molecule has 0 radical (unpaired) electrons. The van der Waals surface area contributed by atoms with E-state index in [2.05, 4.69) is 5.32 Å². The van der Waals surface area contributed by atoms with Gasteiger partial charge in [0.2, 0.25) is 0 Å². The van der Waals surface area contributed by atoms with Crippen molar-refractivity contribution in [2.75, 3.05) is 5.32 Å². The number of anilines is 1. The summed E-state index contributed by atoms with van der Waals surface area (Å²) >= 11 is 19.6. The summed E-state index contributed by atoms with van der Waals surface area (Å²) in [4.78, 5) is 1.34. The van der Waals surface area contributed by atoms with Crippen LogP contribution in [0.15, 0.2) is 18.2 Å². The first-order chi connectivity index (χ1) is 9.54. The number of hydrogen-bond donors (Lipinski definition) is 2. The van der Waals surface area contributed by atoms with Gasteiger partial charge in [0.1, 0.15) is 0 Å². The van der Waals surface area contributed by atoms with Gasteiger partial charge in [0, 0.05) is 10.6 Å². The van der Waals surface area contributed by atoms with E-state index in [-0.39, 0.29) is 21.8 Å². The molecule has 1 heterocycles. The van der Waals surface area contributed by atoms with E-state index in [0.717, 1.165) is 29.3 Å². The van der Waals surface area contributed by atoms with Gasteiger partial charge in [0.25, 0.3) is 0 Å². The fourth-order valence-electron chi connectivity index (χ4n) is 2.52. The Hall–Kier alpha value is -0.610. The van der Waals surface area contributed by atoms with E-state index in [1.54, 1.807) is 23.5 Å². The van der Waals surface area contributed by atoms with Gasteiger partial charge in [-0.1, -0.05) is 34.8 Å². The molecule has 0 saturated carbocycles. The first-order valence-corrected chi connectivity index (χ1v) is 8.22. The lowest BCUT2D eigenvalue weighted by molar-refractivity contribution is 0.476. The quantitative estimate of drug-likeness (QED) is 0.662. The first-order valence-electron chi connectivity index (χ1n) is 6.27. The third-order valence-electron chi connectivity index (χ3n) is 3.44. The van der Waals surface area contributed by atoms with Gasteiger partial charge in [-0.15, -0.1) is 11.3 Å². The van der Waals surface area contributed by atoms with Crippen LogP contribution in [0.2, 0.25) is 14.4 Å². The number of aryl methyl sites for hydroxylation is 1. The minimum Gasteiger partial charge on any atom is -0.505 e. The second kappa shape index (κ2) is 5.64. The van der Waals surface area contributed by atoms with Crippen LogP contribution in [0, 0.1) is 0 Å². The van der Waals surface area contributed by atoms with Crippen molar-refractivity contribution in [2.45, 2.75) is 25.3 Å². The van der Waals surface area contributed by atoms with Gasteiger partial charge in [0.15, 0.2) is 5.75 Å². The number of benzene rings is 1. The maximum absolute atomic E-state index is 9.59. The Morgan fingerprint density at radius 1 is 1.15 bits per heavy atom. The molecule has 3 rings (SSSR count). The fraction of sp³-hybridized carbons (Fsp3) is 0.286. The fourth-order valence-corrected chi connectivity index (χ4v) is 4.39. The Bertz CT molecular complexity index is 633. The smallest absolute Gasteiger partial charge is 0.152 e. The number of aromatic hydroxyl groups is 1. The first kappa shape index (κ1) is 14.3. The van der Waals surface area contributed by atoms with Crippen molar-refractivity contribution in [1.82, 2.24) is 0 Å². The molecule has 2 aromatic rings. The van der Waals surface area contributed by atoms with Crippen LogP contribution in [-0.4, -0.2) is 5.11 Å². The number of phenolic OH excluding ortho intramolecular Hbond substituents is 1. The molecule has 6 heteroatoms. The van der Waals surface area contributed by atoms with Crippen molar-refractivity contribution >= 4 is 51.8 Å². The highest BCUT2D eigenvalue weighted by Crippen LogP contribution is 2.41. The minimum atomic E-state index is -0.0817. The van der Waals surface area contributed by atoms with Crippen LogP contribution >= 0.6 is 46.1 Å². The molecule has 0 fully saturated rings.